The second-order valence-electron chi connectivity index (χ2n) is 2.48. The van der Waals surface area contributed by atoms with Gasteiger partial charge in [0.05, 0.1) is 0 Å². The molecule has 0 saturated heterocycles. The van der Waals surface area contributed by atoms with Crippen LogP contribution in [0.5, 0.6) is 0 Å². The van der Waals surface area contributed by atoms with Crippen LogP contribution < -0.4 is 0 Å². The zero-order valence-electron chi connectivity index (χ0n) is 5.22. The molecule has 60 valence electrons. The van der Waals surface area contributed by atoms with Crippen LogP contribution in [0.4, 0.5) is 8.78 Å². The minimum absolute atomic E-state index is 0.0275. The van der Waals surface area contributed by atoms with E-state index in [1.807, 2.05) is 0 Å². The summed E-state index contributed by atoms with van der Waals surface area (Å²) in [5, 5.41) is 0. The number of hydrogen-bond acceptors (Lipinski definition) is 1. The smallest absolute Gasteiger partial charge is 0.251 e. The van der Waals surface area contributed by atoms with Crippen molar-refractivity contribution in [3.05, 3.63) is 0 Å². The lowest BCUT2D eigenvalue weighted by atomic mass is 10.3. The van der Waals surface area contributed by atoms with Crippen LogP contribution in [0.3, 0.4) is 0 Å². The minimum Gasteiger partial charge on any atom is -0.306 e. The fraction of sp³-hybridized carbons (Fsp3) is 1.00. The minimum atomic E-state index is -2.54. The van der Waals surface area contributed by atoms with Crippen LogP contribution in [-0.2, 0) is 11.1 Å². The maximum atomic E-state index is 12.1. The van der Waals surface area contributed by atoms with Crippen molar-refractivity contribution in [3.63, 3.8) is 0 Å². The highest BCUT2D eigenvalue weighted by atomic mass is 32.2. The molecule has 0 aliphatic heterocycles. The second-order valence-corrected chi connectivity index (χ2v) is 3.53. The van der Waals surface area contributed by atoms with E-state index in [1.54, 1.807) is 0 Å². The van der Waals surface area contributed by atoms with Crippen LogP contribution in [0.25, 0.3) is 0 Å². The largest absolute Gasteiger partial charge is 0.306 e. The predicted molar refractivity (Wildman–Crippen MR) is 33.3 cm³/mol. The summed E-state index contributed by atoms with van der Waals surface area (Å²) in [6.07, 6.45) is 0.0559. The molecule has 0 aromatic rings. The maximum absolute atomic E-state index is 12.1. The summed E-state index contributed by atoms with van der Waals surface area (Å²) >= 11 is -1.91. The number of hydrogen-bond donors (Lipinski definition) is 1. The van der Waals surface area contributed by atoms with Crippen LogP contribution in [0, 0.1) is 5.92 Å². The molecule has 0 amide bonds. The third kappa shape index (κ3) is 1.98. The average Bonchev–Trinajstić information content (AvgIpc) is 2.35. The molecule has 0 radical (unpaired) electrons. The van der Waals surface area contributed by atoms with Crippen molar-refractivity contribution in [2.45, 2.75) is 18.8 Å². The summed E-state index contributed by atoms with van der Waals surface area (Å²) in [7, 11) is 0. The zero-order valence-corrected chi connectivity index (χ0v) is 6.03. The Morgan fingerprint density at radius 1 is 1.70 bits per heavy atom. The van der Waals surface area contributed by atoms with Crippen molar-refractivity contribution in [2.24, 2.45) is 5.92 Å². The molecule has 2 nitrogen and oxygen atoms in total. The lowest BCUT2D eigenvalue weighted by molar-refractivity contribution is 0.0983. The molecular weight excluding hydrogens is 162 g/mol. The Morgan fingerprint density at radius 2 is 2.20 bits per heavy atom. The highest BCUT2D eigenvalue weighted by Gasteiger charge is 2.56. The first-order valence-electron chi connectivity index (χ1n) is 2.97. The Balaban J connectivity index is 2.13. The Bertz CT molecular complexity index is 160. The van der Waals surface area contributed by atoms with Gasteiger partial charge in [-0.25, -0.2) is 13.0 Å². The highest BCUT2D eigenvalue weighted by Crippen LogP contribution is 2.50. The van der Waals surface area contributed by atoms with Crippen LogP contribution in [0.15, 0.2) is 0 Å². The predicted octanol–water partition coefficient (Wildman–Crippen LogP) is 1.25. The van der Waals surface area contributed by atoms with Crippen LogP contribution >= 0.6 is 0 Å². The summed E-state index contributed by atoms with van der Waals surface area (Å²) in [5.74, 6) is -3.21. The van der Waals surface area contributed by atoms with E-state index in [9.17, 15) is 13.0 Å². The molecule has 1 aliphatic carbocycles. The van der Waals surface area contributed by atoms with E-state index < -0.39 is 22.9 Å². The van der Waals surface area contributed by atoms with Gasteiger partial charge in [0, 0.05) is 18.1 Å². The van der Waals surface area contributed by atoms with Crippen molar-refractivity contribution in [1.82, 2.24) is 0 Å². The summed E-state index contributed by atoms with van der Waals surface area (Å²) in [5.41, 5.74) is 0. The Hall–Kier alpha value is -0.0300. The van der Waals surface area contributed by atoms with Gasteiger partial charge in [-0.1, -0.05) is 0 Å². The molecule has 1 saturated carbocycles. The molecular formula is C5H8F2O2S. The molecule has 10 heavy (non-hydrogen) atoms. The Morgan fingerprint density at radius 3 is 2.50 bits per heavy atom. The molecule has 1 aliphatic rings. The Labute approximate surface area is 59.9 Å². The molecule has 1 fully saturated rings. The van der Waals surface area contributed by atoms with Gasteiger partial charge in [-0.2, -0.15) is 0 Å². The standard InChI is InChI=1S/C5H8F2O2S/c6-5(7)3-4(5)1-2-10(8)9/h4H,1-3H2,(H,8,9). The molecule has 0 bridgehead atoms. The van der Waals surface area contributed by atoms with E-state index in [0.29, 0.717) is 0 Å². The lowest BCUT2D eigenvalue weighted by Gasteiger charge is -1.93. The Kier molecular flexibility index (Phi) is 2.05. The van der Waals surface area contributed by atoms with E-state index in [0.717, 1.165) is 0 Å². The van der Waals surface area contributed by atoms with Gasteiger partial charge in [-0.15, -0.1) is 0 Å². The van der Waals surface area contributed by atoms with Gasteiger partial charge in [-0.3, -0.25) is 0 Å². The fourth-order valence-corrected chi connectivity index (χ4v) is 1.31. The van der Waals surface area contributed by atoms with Gasteiger partial charge < -0.3 is 4.55 Å². The van der Waals surface area contributed by atoms with E-state index in [4.69, 9.17) is 4.55 Å². The van der Waals surface area contributed by atoms with E-state index >= 15 is 0 Å². The van der Waals surface area contributed by atoms with Gasteiger partial charge >= 0.3 is 0 Å². The van der Waals surface area contributed by atoms with Crippen LogP contribution in [-0.4, -0.2) is 20.4 Å². The third-order valence-corrected chi connectivity index (χ3v) is 2.18. The van der Waals surface area contributed by atoms with Gasteiger partial charge in [0.2, 0.25) is 0 Å². The number of rotatable bonds is 3. The molecule has 0 heterocycles. The lowest BCUT2D eigenvalue weighted by Crippen LogP contribution is -2.00. The summed E-state index contributed by atoms with van der Waals surface area (Å²) in [4.78, 5) is 0. The topological polar surface area (TPSA) is 37.3 Å². The first kappa shape index (κ1) is 8.07. The second kappa shape index (κ2) is 2.54. The monoisotopic (exact) mass is 170 g/mol. The molecule has 1 rings (SSSR count). The summed E-state index contributed by atoms with van der Waals surface area (Å²) in [6, 6.07) is 0. The first-order valence-corrected chi connectivity index (χ1v) is 4.25. The number of alkyl halides is 2. The number of halogens is 2. The van der Waals surface area contributed by atoms with E-state index in [2.05, 4.69) is 0 Å². The SMILES string of the molecule is O=S(O)CCC1CC1(F)F. The summed E-state index contributed by atoms with van der Waals surface area (Å²) in [6.45, 7) is 0. The van der Waals surface area contributed by atoms with E-state index in [1.165, 1.54) is 0 Å². The van der Waals surface area contributed by atoms with Crippen molar-refractivity contribution < 1.29 is 17.5 Å². The molecule has 1 N–H and O–H groups in total. The molecule has 2 atom stereocenters. The van der Waals surface area contributed by atoms with Gasteiger partial charge in [-0.05, 0) is 6.42 Å². The molecule has 5 heteroatoms. The highest BCUT2D eigenvalue weighted by molar-refractivity contribution is 7.79. The van der Waals surface area contributed by atoms with Gasteiger partial charge in [0.15, 0.2) is 11.1 Å². The van der Waals surface area contributed by atoms with Gasteiger partial charge in [0.25, 0.3) is 5.92 Å². The van der Waals surface area contributed by atoms with E-state index in [-0.39, 0.29) is 18.6 Å². The van der Waals surface area contributed by atoms with Gasteiger partial charge in [0.1, 0.15) is 0 Å². The molecule has 2 unspecified atom stereocenters. The quantitative estimate of drug-likeness (QED) is 0.647. The molecule has 0 spiro atoms. The third-order valence-electron chi connectivity index (χ3n) is 1.60. The van der Waals surface area contributed by atoms with Crippen LogP contribution in [0.2, 0.25) is 0 Å². The molecule has 0 aromatic carbocycles. The zero-order chi connectivity index (χ0) is 7.78. The maximum Gasteiger partial charge on any atom is 0.251 e. The fourth-order valence-electron chi connectivity index (χ4n) is 0.826. The van der Waals surface area contributed by atoms with Crippen LogP contribution in [0.1, 0.15) is 12.8 Å². The first-order chi connectivity index (χ1) is 4.52. The molecule has 0 aromatic heterocycles. The van der Waals surface area contributed by atoms with Crippen molar-refractivity contribution in [2.75, 3.05) is 5.75 Å². The van der Waals surface area contributed by atoms with Crippen molar-refractivity contribution in [1.29, 1.82) is 0 Å². The van der Waals surface area contributed by atoms with Crippen molar-refractivity contribution in [3.8, 4) is 0 Å². The normalized spacial score (nSPS) is 31.7. The van der Waals surface area contributed by atoms with Crippen molar-refractivity contribution >= 4 is 11.1 Å². The average molecular weight is 170 g/mol. The summed E-state index contributed by atoms with van der Waals surface area (Å²) < 4.78 is 42.4.